The van der Waals surface area contributed by atoms with Crippen molar-refractivity contribution in [1.82, 2.24) is 4.98 Å². The molecule has 0 aliphatic rings. The zero-order chi connectivity index (χ0) is 15.8. The van der Waals surface area contributed by atoms with Gasteiger partial charge < -0.3 is 5.32 Å². The summed E-state index contributed by atoms with van der Waals surface area (Å²) in [6.07, 6.45) is 0. The average molecular weight is 325 g/mol. The van der Waals surface area contributed by atoms with E-state index >= 15 is 0 Å². The molecular formula is C14H19N3O2S2. The molecule has 0 aliphatic carbocycles. The first-order chi connectivity index (χ1) is 9.68. The number of hydrogen-bond acceptors (Lipinski definition) is 5. The summed E-state index contributed by atoms with van der Waals surface area (Å²) < 4.78 is 23.0. The van der Waals surface area contributed by atoms with Crippen LogP contribution < -0.4 is 10.5 Å². The van der Waals surface area contributed by atoms with Gasteiger partial charge in [0.05, 0.1) is 22.1 Å². The summed E-state index contributed by atoms with van der Waals surface area (Å²) in [5.74, 6) is 0. The molecule has 0 bridgehead atoms. The van der Waals surface area contributed by atoms with Gasteiger partial charge in [0.25, 0.3) is 0 Å². The van der Waals surface area contributed by atoms with Gasteiger partial charge in [0.15, 0.2) is 0 Å². The zero-order valence-electron chi connectivity index (χ0n) is 12.5. The Morgan fingerprint density at radius 2 is 1.90 bits per heavy atom. The van der Waals surface area contributed by atoms with Crippen LogP contribution in [0.2, 0.25) is 0 Å². The van der Waals surface area contributed by atoms with E-state index in [0.717, 1.165) is 32.4 Å². The molecule has 0 saturated heterocycles. The molecule has 0 atom stereocenters. The van der Waals surface area contributed by atoms with Crippen molar-refractivity contribution in [3.05, 3.63) is 38.8 Å². The number of benzene rings is 1. The van der Waals surface area contributed by atoms with Crippen molar-refractivity contribution >= 4 is 27.0 Å². The van der Waals surface area contributed by atoms with Gasteiger partial charge in [-0.2, -0.15) is 0 Å². The largest absolute Gasteiger partial charge is 0.380 e. The fraction of sp³-hybridized carbons (Fsp3) is 0.357. The number of nitrogens with zero attached hydrogens (tertiary/aromatic N) is 1. The van der Waals surface area contributed by atoms with E-state index in [1.165, 1.54) is 0 Å². The Balaban J connectivity index is 2.31. The Morgan fingerprint density at radius 3 is 2.43 bits per heavy atom. The first-order valence-corrected chi connectivity index (χ1v) is 8.85. The van der Waals surface area contributed by atoms with Crippen molar-refractivity contribution in [2.45, 2.75) is 39.1 Å². The normalized spacial score (nSPS) is 11.7. The third-order valence-corrected chi connectivity index (χ3v) is 5.37. The summed E-state index contributed by atoms with van der Waals surface area (Å²) in [5, 5.41) is 9.53. The molecule has 1 aromatic carbocycles. The summed E-state index contributed by atoms with van der Waals surface area (Å²) in [6.45, 7) is 8.38. The van der Waals surface area contributed by atoms with E-state index in [-0.39, 0.29) is 4.90 Å². The molecule has 0 radical (unpaired) electrons. The van der Waals surface area contributed by atoms with E-state index in [4.69, 9.17) is 5.14 Å². The quantitative estimate of drug-likeness (QED) is 0.905. The number of rotatable bonds is 4. The van der Waals surface area contributed by atoms with Crippen LogP contribution in [-0.4, -0.2) is 13.4 Å². The minimum absolute atomic E-state index is 0.130. The molecule has 2 rings (SSSR count). The van der Waals surface area contributed by atoms with Crippen molar-refractivity contribution in [1.29, 1.82) is 0 Å². The Hall–Kier alpha value is -1.44. The van der Waals surface area contributed by atoms with Crippen LogP contribution in [0.3, 0.4) is 0 Å². The number of nitrogens with one attached hydrogen (secondary N) is 1. The zero-order valence-corrected chi connectivity index (χ0v) is 14.2. The molecule has 0 aliphatic heterocycles. The Bertz CT molecular complexity index is 780. The van der Waals surface area contributed by atoms with Gasteiger partial charge in [-0.25, -0.2) is 18.5 Å². The monoisotopic (exact) mass is 325 g/mol. The molecule has 0 unspecified atom stereocenters. The molecule has 1 aromatic heterocycles. The Morgan fingerprint density at radius 1 is 1.24 bits per heavy atom. The van der Waals surface area contributed by atoms with Crippen LogP contribution in [0, 0.1) is 27.7 Å². The van der Waals surface area contributed by atoms with Gasteiger partial charge >= 0.3 is 0 Å². The predicted octanol–water partition coefficient (Wildman–Crippen LogP) is 2.64. The van der Waals surface area contributed by atoms with E-state index < -0.39 is 10.0 Å². The van der Waals surface area contributed by atoms with Gasteiger partial charge in [-0.05, 0) is 51.0 Å². The lowest BCUT2D eigenvalue weighted by atomic mass is 10.1. The number of anilines is 1. The van der Waals surface area contributed by atoms with E-state index in [9.17, 15) is 8.42 Å². The predicted molar refractivity (Wildman–Crippen MR) is 86.2 cm³/mol. The van der Waals surface area contributed by atoms with Gasteiger partial charge in [0.2, 0.25) is 10.0 Å². The van der Waals surface area contributed by atoms with Crippen molar-refractivity contribution in [3.63, 3.8) is 0 Å². The second-order valence-electron chi connectivity index (χ2n) is 5.05. The molecule has 3 N–H and O–H groups in total. The summed E-state index contributed by atoms with van der Waals surface area (Å²) in [7, 11) is -3.70. The van der Waals surface area contributed by atoms with Gasteiger partial charge in [-0.15, -0.1) is 11.3 Å². The lowest BCUT2D eigenvalue weighted by Gasteiger charge is -2.13. The first-order valence-electron chi connectivity index (χ1n) is 6.49. The maximum atomic E-state index is 11.5. The number of hydrogen-bond donors (Lipinski definition) is 2. The highest BCUT2D eigenvalue weighted by atomic mass is 32.2. The highest BCUT2D eigenvalue weighted by molar-refractivity contribution is 7.89. The van der Waals surface area contributed by atoms with Crippen LogP contribution in [0.1, 0.15) is 26.7 Å². The fourth-order valence-corrected chi connectivity index (χ4v) is 3.59. The molecule has 0 spiro atoms. The lowest BCUT2D eigenvalue weighted by Crippen LogP contribution is -2.13. The summed E-state index contributed by atoms with van der Waals surface area (Å²) in [6, 6.07) is 3.18. The van der Waals surface area contributed by atoms with Crippen LogP contribution in [0.5, 0.6) is 0 Å². The van der Waals surface area contributed by atoms with Crippen LogP contribution >= 0.6 is 11.3 Å². The third-order valence-electron chi connectivity index (χ3n) is 3.41. The van der Waals surface area contributed by atoms with E-state index in [0.29, 0.717) is 6.54 Å². The number of aryl methyl sites for hydroxylation is 3. The SMILES string of the molecule is Cc1nc(C)c(CNc2cc(S(N)(=O)=O)cc(C)c2C)s1. The molecule has 2 aromatic rings. The molecule has 0 saturated carbocycles. The molecule has 1 heterocycles. The lowest BCUT2D eigenvalue weighted by molar-refractivity contribution is 0.597. The van der Waals surface area contributed by atoms with E-state index in [1.807, 2.05) is 27.7 Å². The second kappa shape index (κ2) is 5.75. The van der Waals surface area contributed by atoms with Crippen molar-refractivity contribution in [2.75, 3.05) is 5.32 Å². The topological polar surface area (TPSA) is 85.1 Å². The molecule has 114 valence electrons. The smallest absolute Gasteiger partial charge is 0.238 e. The Labute approximate surface area is 129 Å². The van der Waals surface area contributed by atoms with Gasteiger partial charge in [-0.3, -0.25) is 0 Å². The van der Waals surface area contributed by atoms with Crippen molar-refractivity contribution in [2.24, 2.45) is 5.14 Å². The van der Waals surface area contributed by atoms with Gasteiger partial charge in [0, 0.05) is 10.6 Å². The molecule has 0 fully saturated rings. The van der Waals surface area contributed by atoms with E-state index in [1.54, 1.807) is 23.5 Å². The molecule has 0 amide bonds. The molecule has 7 heteroatoms. The minimum atomic E-state index is -3.70. The van der Waals surface area contributed by atoms with Crippen LogP contribution in [-0.2, 0) is 16.6 Å². The Kier molecular flexibility index (Phi) is 4.36. The summed E-state index contributed by atoms with van der Waals surface area (Å²) >= 11 is 1.64. The molecule has 21 heavy (non-hydrogen) atoms. The number of sulfonamides is 1. The number of nitrogens with two attached hydrogens (primary N) is 1. The van der Waals surface area contributed by atoms with Crippen LogP contribution in [0.15, 0.2) is 17.0 Å². The average Bonchev–Trinajstić information content (AvgIpc) is 2.68. The minimum Gasteiger partial charge on any atom is -0.380 e. The molecular weight excluding hydrogens is 306 g/mol. The maximum Gasteiger partial charge on any atom is 0.238 e. The highest BCUT2D eigenvalue weighted by Crippen LogP contribution is 2.25. The summed E-state index contributed by atoms with van der Waals surface area (Å²) in [5.41, 5.74) is 3.69. The number of primary sulfonamides is 1. The van der Waals surface area contributed by atoms with Crippen LogP contribution in [0.25, 0.3) is 0 Å². The van der Waals surface area contributed by atoms with Crippen molar-refractivity contribution in [3.8, 4) is 0 Å². The molecule has 5 nitrogen and oxygen atoms in total. The fourth-order valence-electron chi connectivity index (χ4n) is 2.09. The standard InChI is InChI=1S/C14H19N3O2S2/c1-8-5-12(21(15,18)19)6-13(9(8)2)16-7-14-10(3)17-11(4)20-14/h5-6,16H,7H2,1-4H3,(H2,15,18,19). The second-order valence-corrected chi connectivity index (χ2v) is 7.90. The third kappa shape index (κ3) is 3.61. The number of aromatic nitrogens is 1. The van der Waals surface area contributed by atoms with Crippen LogP contribution in [0.4, 0.5) is 5.69 Å². The summed E-state index contributed by atoms with van der Waals surface area (Å²) in [4.78, 5) is 5.66. The van der Waals surface area contributed by atoms with Crippen molar-refractivity contribution < 1.29 is 8.42 Å². The highest BCUT2D eigenvalue weighted by Gasteiger charge is 2.13. The van der Waals surface area contributed by atoms with Gasteiger partial charge in [0.1, 0.15) is 0 Å². The first kappa shape index (κ1) is 15.9. The number of thiazole rings is 1. The maximum absolute atomic E-state index is 11.5. The van der Waals surface area contributed by atoms with Gasteiger partial charge in [-0.1, -0.05) is 0 Å². The van der Waals surface area contributed by atoms with E-state index in [2.05, 4.69) is 10.3 Å².